The van der Waals surface area contributed by atoms with E-state index in [-0.39, 0.29) is 11.7 Å². The highest BCUT2D eigenvalue weighted by molar-refractivity contribution is 7.13. The summed E-state index contributed by atoms with van der Waals surface area (Å²) < 4.78 is 5.02. The highest BCUT2D eigenvalue weighted by Crippen LogP contribution is 2.22. The normalized spacial score (nSPS) is 10.8. The van der Waals surface area contributed by atoms with Crippen LogP contribution in [0.4, 0.5) is 5.13 Å². The number of carboxylic acid groups (broad SMARTS) is 1. The van der Waals surface area contributed by atoms with E-state index in [4.69, 9.17) is 9.84 Å². The number of ether oxygens (including phenoxy) is 1. The van der Waals surface area contributed by atoms with Crippen molar-refractivity contribution in [1.29, 1.82) is 0 Å². The molecule has 6 heteroatoms. The molecule has 0 saturated carbocycles. The predicted molar refractivity (Wildman–Crippen MR) is 63.4 cm³/mol. The molecule has 1 rings (SSSR count). The van der Waals surface area contributed by atoms with Crippen LogP contribution in [0, 0.1) is 0 Å². The van der Waals surface area contributed by atoms with Crippen molar-refractivity contribution in [3.05, 3.63) is 11.1 Å². The smallest absolute Gasteiger partial charge is 0.355 e. The summed E-state index contributed by atoms with van der Waals surface area (Å²) in [4.78, 5) is 16.8. The molecule has 1 aromatic rings. The number of aromatic nitrogens is 1. The minimum absolute atomic E-state index is 0.100. The van der Waals surface area contributed by atoms with E-state index in [2.05, 4.69) is 4.98 Å². The van der Waals surface area contributed by atoms with Gasteiger partial charge in [-0.25, -0.2) is 9.78 Å². The Kier molecular flexibility index (Phi) is 4.70. The Morgan fingerprint density at radius 2 is 2.38 bits per heavy atom. The van der Waals surface area contributed by atoms with Gasteiger partial charge in [-0.15, -0.1) is 11.3 Å². The molecule has 0 radical (unpaired) electrons. The van der Waals surface area contributed by atoms with Crippen LogP contribution in [0.2, 0.25) is 0 Å². The fraction of sp³-hybridized carbons (Fsp3) is 0.600. The van der Waals surface area contributed by atoms with E-state index in [0.717, 1.165) is 5.13 Å². The van der Waals surface area contributed by atoms with Gasteiger partial charge in [0.2, 0.25) is 0 Å². The molecule has 0 atom stereocenters. The number of anilines is 1. The molecule has 0 aliphatic heterocycles. The number of carbonyl (C=O) groups is 1. The van der Waals surface area contributed by atoms with Gasteiger partial charge in [-0.2, -0.15) is 0 Å². The first-order valence-electron chi connectivity index (χ1n) is 5.00. The lowest BCUT2D eigenvalue weighted by atomic mass is 10.3. The predicted octanol–water partition coefficient (Wildman–Crippen LogP) is 1.70. The fourth-order valence-electron chi connectivity index (χ4n) is 1.26. The van der Waals surface area contributed by atoms with Gasteiger partial charge in [0.15, 0.2) is 10.8 Å². The lowest BCUT2D eigenvalue weighted by Gasteiger charge is -2.25. The Hall–Kier alpha value is -1.14. The molecule has 0 saturated heterocycles. The maximum atomic E-state index is 10.7. The second-order valence-corrected chi connectivity index (χ2v) is 4.44. The molecular weight excluding hydrogens is 228 g/mol. The summed E-state index contributed by atoms with van der Waals surface area (Å²) in [5.41, 5.74) is 0.100. The molecule has 1 heterocycles. The molecule has 1 aromatic heterocycles. The van der Waals surface area contributed by atoms with Crippen molar-refractivity contribution >= 4 is 22.4 Å². The van der Waals surface area contributed by atoms with Gasteiger partial charge in [0.05, 0.1) is 6.61 Å². The lowest BCUT2D eigenvalue weighted by molar-refractivity contribution is 0.0691. The summed E-state index contributed by atoms with van der Waals surface area (Å²) in [7, 11) is 1.64. The zero-order valence-electron chi connectivity index (χ0n) is 9.64. The van der Waals surface area contributed by atoms with Crippen LogP contribution in [0.1, 0.15) is 24.3 Å². The molecule has 0 aromatic carbocycles. The second kappa shape index (κ2) is 5.81. The summed E-state index contributed by atoms with van der Waals surface area (Å²) in [5, 5.41) is 11.1. The third kappa shape index (κ3) is 3.18. The first-order valence-corrected chi connectivity index (χ1v) is 5.88. The molecule has 0 aliphatic rings. The molecule has 1 N–H and O–H groups in total. The SMILES string of the molecule is COCCN(c1nc(C(=O)O)cs1)C(C)C. The Bertz CT molecular complexity index is 352. The number of methoxy groups -OCH3 is 1. The van der Waals surface area contributed by atoms with E-state index in [9.17, 15) is 4.79 Å². The number of rotatable bonds is 6. The summed E-state index contributed by atoms with van der Waals surface area (Å²) in [6.07, 6.45) is 0. The largest absolute Gasteiger partial charge is 0.476 e. The molecule has 0 spiro atoms. The molecule has 0 amide bonds. The molecular formula is C10H16N2O3S. The van der Waals surface area contributed by atoms with E-state index < -0.39 is 5.97 Å². The number of aromatic carboxylic acids is 1. The Labute approximate surface area is 98.7 Å². The first kappa shape index (κ1) is 12.9. The quantitative estimate of drug-likeness (QED) is 0.825. The first-order chi connectivity index (χ1) is 7.56. The van der Waals surface area contributed by atoms with Gasteiger partial charge >= 0.3 is 5.97 Å². The monoisotopic (exact) mass is 244 g/mol. The van der Waals surface area contributed by atoms with Crippen LogP contribution in [-0.2, 0) is 4.74 Å². The van der Waals surface area contributed by atoms with Crippen LogP contribution in [0.25, 0.3) is 0 Å². The molecule has 5 nitrogen and oxygen atoms in total. The zero-order valence-corrected chi connectivity index (χ0v) is 10.5. The topological polar surface area (TPSA) is 62.7 Å². The van der Waals surface area contributed by atoms with Gasteiger partial charge in [-0.1, -0.05) is 0 Å². The van der Waals surface area contributed by atoms with Gasteiger partial charge in [-0.3, -0.25) is 0 Å². The summed E-state index contributed by atoms with van der Waals surface area (Å²) in [5.74, 6) is -0.988. The van der Waals surface area contributed by atoms with Crippen LogP contribution < -0.4 is 4.90 Å². The molecule has 0 aliphatic carbocycles. The third-order valence-corrected chi connectivity index (χ3v) is 2.99. The van der Waals surface area contributed by atoms with Crippen LogP contribution in [-0.4, -0.2) is 42.4 Å². The summed E-state index contributed by atoms with van der Waals surface area (Å²) in [6, 6.07) is 0.267. The van der Waals surface area contributed by atoms with E-state index in [1.165, 1.54) is 11.3 Å². The lowest BCUT2D eigenvalue weighted by Crippen LogP contribution is -2.33. The minimum atomic E-state index is -0.988. The zero-order chi connectivity index (χ0) is 12.1. The molecule has 0 bridgehead atoms. The minimum Gasteiger partial charge on any atom is -0.476 e. The van der Waals surface area contributed by atoms with Crippen molar-refractivity contribution in [3.63, 3.8) is 0 Å². The van der Waals surface area contributed by atoms with Gasteiger partial charge in [-0.05, 0) is 13.8 Å². The Balaban J connectivity index is 2.80. The van der Waals surface area contributed by atoms with Gasteiger partial charge in [0, 0.05) is 25.1 Å². The van der Waals surface area contributed by atoms with E-state index in [1.807, 2.05) is 18.7 Å². The van der Waals surface area contributed by atoms with Crippen molar-refractivity contribution in [2.24, 2.45) is 0 Å². The number of hydrogen-bond acceptors (Lipinski definition) is 5. The van der Waals surface area contributed by atoms with Crippen LogP contribution in [0.15, 0.2) is 5.38 Å². The van der Waals surface area contributed by atoms with Gasteiger partial charge in [0.25, 0.3) is 0 Å². The number of carboxylic acids is 1. The standard InChI is InChI=1S/C10H16N2O3S/c1-7(2)12(4-5-15-3)10-11-8(6-16-10)9(13)14/h6-7H,4-5H2,1-3H3,(H,13,14). The molecule has 0 fully saturated rings. The third-order valence-electron chi connectivity index (χ3n) is 2.12. The average molecular weight is 244 g/mol. The van der Waals surface area contributed by atoms with Crippen LogP contribution in [0.3, 0.4) is 0 Å². The van der Waals surface area contributed by atoms with Crippen LogP contribution in [0.5, 0.6) is 0 Å². The van der Waals surface area contributed by atoms with Crippen molar-refractivity contribution < 1.29 is 14.6 Å². The maximum absolute atomic E-state index is 10.7. The molecule has 90 valence electrons. The van der Waals surface area contributed by atoms with Gasteiger partial charge in [0.1, 0.15) is 0 Å². The van der Waals surface area contributed by atoms with E-state index in [0.29, 0.717) is 13.2 Å². The fourth-order valence-corrected chi connectivity index (χ4v) is 2.22. The second-order valence-electron chi connectivity index (χ2n) is 3.60. The average Bonchev–Trinajstić information content (AvgIpc) is 2.67. The number of thiazole rings is 1. The number of hydrogen-bond donors (Lipinski definition) is 1. The van der Waals surface area contributed by atoms with E-state index >= 15 is 0 Å². The highest BCUT2D eigenvalue weighted by Gasteiger charge is 2.16. The Morgan fingerprint density at radius 3 is 2.81 bits per heavy atom. The van der Waals surface area contributed by atoms with Crippen LogP contribution >= 0.6 is 11.3 Å². The van der Waals surface area contributed by atoms with Crippen molar-refractivity contribution in [2.75, 3.05) is 25.2 Å². The summed E-state index contributed by atoms with van der Waals surface area (Å²) >= 11 is 1.34. The van der Waals surface area contributed by atoms with Crippen molar-refractivity contribution in [1.82, 2.24) is 4.98 Å². The Morgan fingerprint density at radius 1 is 1.69 bits per heavy atom. The van der Waals surface area contributed by atoms with Gasteiger partial charge < -0.3 is 14.7 Å². The molecule has 16 heavy (non-hydrogen) atoms. The molecule has 0 unspecified atom stereocenters. The summed E-state index contributed by atoms with van der Waals surface area (Å²) in [6.45, 7) is 5.38. The highest BCUT2D eigenvalue weighted by atomic mass is 32.1. The maximum Gasteiger partial charge on any atom is 0.355 e. The van der Waals surface area contributed by atoms with E-state index in [1.54, 1.807) is 12.5 Å². The number of nitrogens with zero attached hydrogens (tertiary/aromatic N) is 2. The van der Waals surface area contributed by atoms with Crippen molar-refractivity contribution in [2.45, 2.75) is 19.9 Å². The van der Waals surface area contributed by atoms with Crippen molar-refractivity contribution in [3.8, 4) is 0 Å².